The molecule has 2 aliphatic heterocycles. The first-order valence-corrected chi connectivity index (χ1v) is 11.8. The van der Waals surface area contributed by atoms with Crippen LogP contribution < -0.4 is 9.64 Å². The Balaban J connectivity index is 1.63. The largest absolute Gasteiger partial charge is 0.481 e. The quantitative estimate of drug-likeness (QED) is 0.737. The van der Waals surface area contributed by atoms with Crippen LogP contribution in [0.25, 0.3) is 0 Å². The number of thioether (sulfide) groups is 1. The average molecular weight is 435 g/mol. The van der Waals surface area contributed by atoms with E-state index in [1.165, 1.54) is 17.8 Å². The van der Waals surface area contributed by atoms with Crippen LogP contribution in [0, 0.1) is 5.82 Å². The van der Waals surface area contributed by atoms with Crippen LogP contribution in [-0.2, 0) is 14.6 Å². The number of sulfone groups is 1. The summed E-state index contributed by atoms with van der Waals surface area (Å²) in [6, 6.07) is 14.5. The number of nitrogens with zero attached hydrogens (tertiary/aromatic N) is 2. The minimum absolute atomic E-state index is 0.0173. The number of fused-ring (bicyclic) bond motifs is 1. The number of carbonyl (C=O) groups excluding carboxylic acids is 1. The molecule has 0 aromatic heterocycles. The van der Waals surface area contributed by atoms with Gasteiger partial charge in [-0.1, -0.05) is 42.1 Å². The summed E-state index contributed by atoms with van der Waals surface area (Å²) in [5.41, 5.74) is 0.216. The predicted molar refractivity (Wildman–Crippen MR) is 112 cm³/mol. The third kappa shape index (κ3) is 4.16. The number of aliphatic imine (C=N–C) groups is 1. The lowest BCUT2D eigenvalue weighted by atomic mass is 10.2. The van der Waals surface area contributed by atoms with Gasteiger partial charge in [0.1, 0.15) is 11.6 Å². The maximum Gasteiger partial charge on any atom is 0.288 e. The number of anilines is 1. The van der Waals surface area contributed by atoms with E-state index in [1.807, 2.05) is 6.07 Å². The Morgan fingerprint density at radius 3 is 2.59 bits per heavy atom. The number of para-hydroxylation sites is 2. The van der Waals surface area contributed by atoms with Crippen LogP contribution in [0.4, 0.5) is 10.1 Å². The first kappa shape index (κ1) is 19.9. The van der Waals surface area contributed by atoms with Crippen molar-refractivity contribution in [3.63, 3.8) is 0 Å². The third-order valence-electron chi connectivity index (χ3n) is 4.79. The molecule has 2 aromatic rings. The van der Waals surface area contributed by atoms with Crippen molar-refractivity contribution < 1.29 is 22.3 Å². The van der Waals surface area contributed by atoms with Crippen LogP contribution >= 0.6 is 11.8 Å². The molecule has 2 aromatic carbocycles. The van der Waals surface area contributed by atoms with E-state index < -0.39 is 33.7 Å². The average Bonchev–Trinajstić information content (AvgIpc) is 3.14. The normalized spacial score (nSPS) is 25.0. The van der Waals surface area contributed by atoms with Gasteiger partial charge in [0.05, 0.1) is 23.2 Å². The molecule has 0 radical (unpaired) electrons. The van der Waals surface area contributed by atoms with E-state index in [2.05, 4.69) is 4.99 Å². The lowest BCUT2D eigenvalue weighted by molar-refractivity contribution is -0.123. The van der Waals surface area contributed by atoms with Crippen LogP contribution in [0.5, 0.6) is 5.75 Å². The molecule has 9 heteroatoms. The first-order chi connectivity index (χ1) is 13.8. The number of halogens is 1. The minimum Gasteiger partial charge on any atom is -0.481 e. The molecule has 0 saturated carbocycles. The number of amides is 1. The predicted octanol–water partition coefficient (Wildman–Crippen LogP) is 2.89. The monoisotopic (exact) mass is 434 g/mol. The van der Waals surface area contributed by atoms with E-state index in [4.69, 9.17) is 4.74 Å². The Morgan fingerprint density at radius 2 is 1.86 bits per heavy atom. The van der Waals surface area contributed by atoms with Crippen molar-refractivity contribution >= 4 is 38.4 Å². The first-order valence-electron chi connectivity index (χ1n) is 9.09. The van der Waals surface area contributed by atoms with Crippen molar-refractivity contribution in [2.45, 2.75) is 24.3 Å². The van der Waals surface area contributed by atoms with Gasteiger partial charge in [0.2, 0.25) is 0 Å². The molecule has 2 heterocycles. The second kappa shape index (κ2) is 7.79. The number of hydrogen-bond acceptors (Lipinski definition) is 5. The number of rotatable bonds is 4. The Morgan fingerprint density at radius 1 is 1.17 bits per heavy atom. The van der Waals surface area contributed by atoms with Crippen molar-refractivity contribution in [2.24, 2.45) is 4.99 Å². The molecule has 0 N–H and O–H groups in total. The van der Waals surface area contributed by atoms with Gasteiger partial charge in [-0.15, -0.1) is 0 Å². The fourth-order valence-corrected chi connectivity index (χ4v) is 7.34. The van der Waals surface area contributed by atoms with Gasteiger partial charge in [0.15, 0.2) is 21.1 Å². The van der Waals surface area contributed by atoms with Crippen LogP contribution in [0.1, 0.15) is 6.92 Å². The fourth-order valence-electron chi connectivity index (χ4n) is 3.43. The van der Waals surface area contributed by atoms with Gasteiger partial charge >= 0.3 is 0 Å². The Kier molecular flexibility index (Phi) is 5.35. The second-order valence-corrected chi connectivity index (χ2v) is 10.3. The summed E-state index contributed by atoms with van der Waals surface area (Å²) in [5, 5.41) is 0.00464. The Labute approximate surface area is 172 Å². The lowest BCUT2D eigenvalue weighted by Gasteiger charge is -2.25. The zero-order valence-electron chi connectivity index (χ0n) is 15.6. The highest BCUT2D eigenvalue weighted by Gasteiger charge is 2.50. The molecule has 6 nitrogen and oxygen atoms in total. The number of ether oxygens (including phenoxy) is 1. The molecule has 4 rings (SSSR count). The van der Waals surface area contributed by atoms with Gasteiger partial charge in [-0.3, -0.25) is 4.79 Å². The summed E-state index contributed by atoms with van der Waals surface area (Å²) in [6.07, 6.45) is -0.836. The molecule has 152 valence electrons. The molecule has 3 atom stereocenters. The molecule has 2 fully saturated rings. The van der Waals surface area contributed by atoms with Gasteiger partial charge in [-0.25, -0.2) is 12.8 Å². The third-order valence-corrected chi connectivity index (χ3v) is 8.00. The second-order valence-electron chi connectivity index (χ2n) is 6.93. The van der Waals surface area contributed by atoms with Crippen LogP contribution in [0.15, 0.2) is 59.6 Å². The summed E-state index contributed by atoms with van der Waals surface area (Å²) < 4.78 is 44.3. The van der Waals surface area contributed by atoms with Crippen LogP contribution in [-0.4, -0.2) is 48.4 Å². The number of hydrogen-bond donors (Lipinski definition) is 0. The molecule has 0 aliphatic carbocycles. The summed E-state index contributed by atoms with van der Waals surface area (Å²) in [7, 11) is -3.22. The van der Waals surface area contributed by atoms with Crippen LogP contribution in [0.3, 0.4) is 0 Å². The Bertz CT molecular complexity index is 1060. The summed E-state index contributed by atoms with van der Waals surface area (Å²) >= 11 is 1.20. The highest BCUT2D eigenvalue weighted by atomic mass is 32.2. The number of carbonyl (C=O) groups is 1. The molecule has 0 spiro atoms. The molecule has 3 unspecified atom stereocenters. The highest BCUT2D eigenvalue weighted by Crippen LogP contribution is 2.41. The maximum atomic E-state index is 14.5. The summed E-state index contributed by atoms with van der Waals surface area (Å²) in [5.74, 6) is -0.576. The lowest BCUT2D eigenvalue weighted by Crippen LogP contribution is -2.38. The Hall–Kier alpha value is -2.39. The molecule has 1 amide bonds. The smallest absolute Gasteiger partial charge is 0.288 e. The van der Waals surface area contributed by atoms with E-state index in [0.717, 1.165) is 0 Å². The fraction of sp³-hybridized carbons (Fsp3) is 0.300. The van der Waals surface area contributed by atoms with E-state index in [1.54, 1.807) is 54.3 Å². The molecular weight excluding hydrogens is 415 g/mol. The van der Waals surface area contributed by atoms with Crippen molar-refractivity contribution in [2.75, 3.05) is 16.4 Å². The zero-order chi connectivity index (χ0) is 20.6. The summed E-state index contributed by atoms with van der Waals surface area (Å²) in [4.78, 5) is 18.4. The van der Waals surface area contributed by atoms with Crippen molar-refractivity contribution in [3.8, 4) is 5.75 Å². The number of amidine groups is 1. The van der Waals surface area contributed by atoms with Gasteiger partial charge in [-0.2, -0.15) is 4.99 Å². The minimum atomic E-state index is -3.22. The van der Waals surface area contributed by atoms with E-state index in [-0.39, 0.29) is 22.4 Å². The highest BCUT2D eigenvalue weighted by molar-refractivity contribution is 8.16. The topological polar surface area (TPSA) is 76.0 Å². The number of benzene rings is 2. The van der Waals surface area contributed by atoms with Crippen molar-refractivity contribution in [1.82, 2.24) is 0 Å². The maximum absolute atomic E-state index is 14.5. The molecular formula is C20H19FN2O4S2. The standard InChI is InChI=1S/C20H19FN2O4S2/c1-13(27-14-7-3-2-4-8-14)19(24)22-20-23(16-10-6-5-9-15(16)21)17-11-29(25,26)12-18(17)28-20/h2-10,13,17-18H,11-12H2,1H3. The van der Waals surface area contributed by atoms with Gasteiger partial charge in [-0.05, 0) is 31.2 Å². The van der Waals surface area contributed by atoms with Gasteiger partial charge < -0.3 is 9.64 Å². The SMILES string of the molecule is CC(Oc1ccccc1)C(=O)N=C1SC2CS(=O)(=O)CC2N1c1ccccc1F. The zero-order valence-corrected chi connectivity index (χ0v) is 17.2. The molecule has 0 bridgehead atoms. The van der Waals surface area contributed by atoms with Crippen molar-refractivity contribution in [3.05, 3.63) is 60.4 Å². The van der Waals surface area contributed by atoms with Crippen LogP contribution in [0.2, 0.25) is 0 Å². The molecule has 2 saturated heterocycles. The van der Waals surface area contributed by atoms with Crippen molar-refractivity contribution in [1.29, 1.82) is 0 Å². The van der Waals surface area contributed by atoms with E-state index in [9.17, 15) is 17.6 Å². The van der Waals surface area contributed by atoms with E-state index in [0.29, 0.717) is 10.9 Å². The van der Waals surface area contributed by atoms with Gasteiger partial charge in [0, 0.05) is 5.25 Å². The molecule has 29 heavy (non-hydrogen) atoms. The van der Waals surface area contributed by atoms with Gasteiger partial charge in [0.25, 0.3) is 5.91 Å². The van der Waals surface area contributed by atoms with E-state index >= 15 is 0 Å². The molecule has 2 aliphatic rings. The summed E-state index contributed by atoms with van der Waals surface area (Å²) in [6.45, 7) is 1.59.